The van der Waals surface area contributed by atoms with E-state index in [0.29, 0.717) is 18.7 Å². The highest BCUT2D eigenvalue weighted by molar-refractivity contribution is 5.14. The number of rotatable bonds is 4. The molecule has 0 aliphatic heterocycles. The number of halogens is 2. The number of alkyl halides is 2. The number of nitrogens with zero attached hydrogens (tertiary/aromatic N) is 2. The zero-order chi connectivity index (χ0) is 11.6. The van der Waals surface area contributed by atoms with Crippen LogP contribution in [0.25, 0.3) is 0 Å². The molecule has 1 heterocycles. The number of ether oxygens (including phenoxy) is 1. The summed E-state index contributed by atoms with van der Waals surface area (Å²) in [6, 6.07) is 1.72. The van der Waals surface area contributed by atoms with Crippen LogP contribution in [0.2, 0.25) is 0 Å². The summed E-state index contributed by atoms with van der Waals surface area (Å²) in [5, 5.41) is 3.08. The van der Waals surface area contributed by atoms with Gasteiger partial charge in [0.25, 0.3) is 0 Å². The van der Waals surface area contributed by atoms with Gasteiger partial charge in [0, 0.05) is 12.4 Å². The van der Waals surface area contributed by atoms with Crippen LogP contribution >= 0.6 is 0 Å². The fraction of sp³-hybridized carbons (Fsp3) is 0.600. The Morgan fingerprint density at radius 3 is 2.56 bits per heavy atom. The van der Waals surface area contributed by atoms with Crippen molar-refractivity contribution >= 4 is 0 Å². The third-order valence-corrected chi connectivity index (χ3v) is 2.92. The molecule has 1 N–H and O–H groups in total. The second kappa shape index (κ2) is 4.39. The Morgan fingerprint density at radius 1 is 1.44 bits per heavy atom. The molecule has 1 aromatic heterocycles. The van der Waals surface area contributed by atoms with Crippen LogP contribution in [0.15, 0.2) is 18.5 Å². The average molecular weight is 229 g/mol. The van der Waals surface area contributed by atoms with E-state index in [0.717, 1.165) is 0 Å². The third-order valence-electron chi connectivity index (χ3n) is 2.92. The predicted octanol–water partition coefficient (Wildman–Crippen LogP) is 1.29. The number of hydrogen-bond donors (Lipinski definition) is 1. The van der Waals surface area contributed by atoms with Crippen molar-refractivity contribution in [2.75, 3.05) is 7.05 Å². The van der Waals surface area contributed by atoms with Gasteiger partial charge in [-0.25, -0.2) is 9.97 Å². The Bertz CT molecular complexity index is 341. The first-order valence-electron chi connectivity index (χ1n) is 5.06. The van der Waals surface area contributed by atoms with Gasteiger partial charge in [0.15, 0.2) is 0 Å². The lowest BCUT2D eigenvalue weighted by molar-refractivity contribution is -0.199. The minimum absolute atomic E-state index is 0.416. The summed E-state index contributed by atoms with van der Waals surface area (Å²) in [5.41, 5.74) is -0.416. The van der Waals surface area contributed by atoms with Crippen LogP contribution in [-0.2, 0) is 10.3 Å². The van der Waals surface area contributed by atoms with Crippen molar-refractivity contribution in [2.45, 2.75) is 31.1 Å². The molecule has 0 atom stereocenters. The molecule has 4 nitrogen and oxygen atoms in total. The number of hydrogen-bond acceptors (Lipinski definition) is 4. The standard InChI is InChI=1S/C10H13F2N3O/c1-13-10(8-14-3-2-4-15-8)5-7(6-10)16-9(11)12/h2-4,7,9,13H,5-6H2,1H3. The van der Waals surface area contributed by atoms with E-state index in [1.54, 1.807) is 25.5 Å². The van der Waals surface area contributed by atoms with Crippen LogP contribution in [0.3, 0.4) is 0 Å². The summed E-state index contributed by atoms with van der Waals surface area (Å²) >= 11 is 0. The van der Waals surface area contributed by atoms with Crippen molar-refractivity contribution < 1.29 is 13.5 Å². The molecule has 0 aromatic carbocycles. The molecule has 1 aliphatic carbocycles. The maximum Gasteiger partial charge on any atom is 0.345 e. The van der Waals surface area contributed by atoms with Crippen LogP contribution in [-0.4, -0.2) is 29.7 Å². The molecule has 0 unspecified atom stereocenters. The lowest BCUT2D eigenvalue weighted by atomic mass is 9.73. The largest absolute Gasteiger partial charge is 0.345 e. The molecule has 1 aliphatic rings. The van der Waals surface area contributed by atoms with Gasteiger partial charge in [0.2, 0.25) is 0 Å². The fourth-order valence-electron chi connectivity index (χ4n) is 2.00. The molecular weight excluding hydrogens is 216 g/mol. The molecule has 1 fully saturated rings. The summed E-state index contributed by atoms with van der Waals surface area (Å²) < 4.78 is 28.4. The van der Waals surface area contributed by atoms with Gasteiger partial charge in [-0.1, -0.05) is 0 Å². The van der Waals surface area contributed by atoms with E-state index in [4.69, 9.17) is 0 Å². The maximum absolute atomic E-state index is 12.0. The van der Waals surface area contributed by atoms with Gasteiger partial charge >= 0.3 is 6.61 Å². The summed E-state index contributed by atoms with van der Waals surface area (Å²) in [5.74, 6) is 0.631. The van der Waals surface area contributed by atoms with E-state index in [2.05, 4.69) is 20.0 Å². The van der Waals surface area contributed by atoms with E-state index in [9.17, 15) is 8.78 Å². The second-order valence-electron chi connectivity index (χ2n) is 3.83. The van der Waals surface area contributed by atoms with Gasteiger partial charge < -0.3 is 10.1 Å². The fourth-order valence-corrected chi connectivity index (χ4v) is 2.00. The highest BCUT2D eigenvalue weighted by Gasteiger charge is 2.48. The summed E-state index contributed by atoms with van der Waals surface area (Å²) in [6.45, 7) is -2.71. The topological polar surface area (TPSA) is 47.0 Å². The van der Waals surface area contributed by atoms with Crippen LogP contribution in [0, 0.1) is 0 Å². The molecule has 0 amide bonds. The maximum atomic E-state index is 12.0. The van der Waals surface area contributed by atoms with E-state index in [1.807, 2.05) is 0 Å². The molecule has 0 spiro atoms. The SMILES string of the molecule is CNC1(c2ncccn2)CC(OC(F)F)C1. The Morgan fingerprint density at radius 2 is 2.06 bits per heavy atom. The lowest BCUT2D eigenvalue weighted by Crippen LogP contribution is -2.55. The van der Waals surface area contributed by atoms with Crippen molar-refractivity contribution in [1.29, 1.82) is 0 Å². The first-order chi connectivity index (χ1) is 7.66. The van der Waals surface area contributed by atoms with Crippen LogP contribution in [0.1, 0.15) is 18.7 Å². The van der Waals surface area contributed by atoms with Crippen molar-refractivity contribution in [3.05, 3.63) is 24.3 Å². The highest BCUT2D eigenvalue weighted by Crippen LogP contribution is 2.41. The molecule has 16 heavy (non-hydrogen) atoms. The smallest absolute Gasteiger partial charge is 0.319 e. The number of nitrogens with one attached hydrogen (secondary N) is 1. The molecule has 1 aromatic rings. The zero-order valence-corrected chi connectivity index (χ0v) is 8.86. The molecule has 1 saturated carbocycles. The average Bonchev–Trinajstić information content (AvgIpc) is 2.24. The van der Waals surface area contributed by atoms with Crippen molar-refractivity contribution in [1.82, 2.24) is 15.3 Å². The van der Waals surface area contributed by atoms with Crippen molar-refractivity contribution in [3.63, 3.8) is 0 Å². The van der Waals surface area contributed by atoms with Crippen LogP contribution < -0.4 is 5.32 Å². The van der Waals surface area contributed by atoms with Crippen LogP contribution in [0.4, 0.5) is 8.78 Å². The lowest BCUT2D eigenvalue weighted by Gasteiger charge is -2.45. The second-order valence-corrected chi connectivity index (χ2v) is 3.83. The first-order valence-corrected chi connectivity index (χ1v) is 5.06. The third kappa shape index (κ3) is 2.03. The van der Waals surface area contributed by atoms with Crippen molar-refractivity contribution in [2.24, 2.45) is 0 Å². The molecule has 6 heteroatoms. The Balaban J connectivity index is 2.03. The van der Waals surface area contributed by atoms with Gasteiger partial charge in [-0.3, -0.25) is 0 Å². The van der Waals surface area contributed by atoms with E-state index in [-0.39, 0.29) is 0 Å². The molecule has 0 bridgehead atoms. The van der Waals surface area contributed by atoms with Gasteiger partial charge in [0.1, 0.15) is 5.82 Å². The Hall–Kier alpha value is -1.14. The van der Waals surface area contributed by atoms with E-state index in [1.165, 1.54) is 0 Å². The first kappa shape index (κ1) is 11.3. The Kier molecular flexibility index (Phi) is 3.11. The molecule has 0 saturated heterocycles. The van der Waals surface area contributed by atoms with Gasteiger partial charge in [-0.2, -0.15) is 8.78 Å². The van der Waals surface area contributed by atoms with E-state index >= 15 is 0 Å². The molecular formula is C10H13F2N3O. The molecule has 2 rings (SSSR count). The molecule has 88 valence electrons. The van der Waals surface area contributed by atoms with Crippen LogP contribution in [0.5, 0.6) is 0 Å². The van der Waals surface area contributed by atoms with Gasteiger partial charge in [-0.15, -0.1) is 0 Å². The zero-order valence-electron chi connectivity index (χ0n) is 8.86. The summed E-state index contributed by atoms with van der Waals surface area (Å²) in [4.78, 5) is 8.28. The van der Waals surface area contributed by atoms with Crippen molar-refractivity contribution in [3.8, 4) is 0 Å². The highest BCUT2D eigenvalue weighted by atomic mass is 19.3. The van der Waals surface area contributed by atoms with E-state index < -0.39 is 18.3 Å². The van der Waals surface area contributed by atoms with Gasteiger partial charge in [0.05, 0.1) is 11.6 Å². The summed E-state index contributed by atoms with van der Waals surface area (Å²) in [6.07, 6.45) is 3.80. The minimum Gasteiger partial charge on any atom is -0.319 e. The van der Waals surface area contributed by atoms with Gasteiger partial charge in [-0.05, 0) is 26.0 Å². The normalized spacial score (nSPS) is 29.1. The predicted molar refractivity (Wildman–Crippen MR) is 52.9 cm³/mol. The number of aromatic nitrogens is 2. The minimum atomic E-state index is -2.71. The molecule has 0 radical (unpaired) electrons. The monoisotopic (exact) mass is 229 g/mol. The summed E-state index contributed by atoms with van der Waals surface area (Å²) in [7, 11) is 1.77. The Labute approximate surface area is 92.0 Å². The quantitative estimate of drug-likeness (QED) is 0.845.